The Labute approximate surface area is 107 Å². The number of hydrogen-bond acceptors (Lipinski definition) is 1. The molecule has 3 heteroatoms. The van der Waals surface area contributed by atoms with Crippen LogP contribution in [0.25, 0.3) is 0 Å². The third kappa shape index (κ3) is 3.22. The zero-order valence-corrected chi connectivity index (χ0v) is 10.8. The van der Waals surface area contributed by atoms with Crippen LogP contribution in [0.1, 0.15) is 44.1 Å². The topological polar surface area (TPSA) is 29.1 Å². The third-order valence-corrected chi connectivity index (χ3v) is 3.54. The van der Waals surface area contributed by atoms with Crippen molar-refractivity contribution in [2.24, 2.45) is 0 Å². The van der Waals surface area contributed by atoms with Gasteiger partial charge in [-0.25, -0.2) is 0 Å². The first-order valence-corrected chi connectivity index (χ1v) is 6.64. The van der Waals surface area contributed by atoms with Crippen molar-refractivity contribution in [1.82, 2.24) is 5.32 Å². The molecule has 1 aromatic carbocycles. The monoisotopic (exact) mass is 251 g/mol. The van der Waals surface area contributed by atoms with Crippen molar-refractivity contribution in [1.29, 1.82) is 0 Å². The van der Waals surface area contributed by atoms with E-state index in [4.69, 9.17) is 11.6 Å². The van der Waals surface area contributed by atoms with Crippen molar-refractivity contribution in [3.63, 3.8) is 0 Å². The van der Waals surface area contributed by atoms with Crippen LogP contribution in [0.3, 0.4) is 0 Å². The average Bonchev–Trinajstić information content (AvgIpc) is 3.06. The smallest absolute Gasteiger partial charge is 0.220 e. The van der Waals surface area contributed by atoms with Crippen LogP contribution in [0.2, 0.25) is 5.02 Å². The second-order valence-electron chi connectivity index (χ2n) is 4.64. The Kier molecular flexibility index (Phi) is 4.06. The van der Waals surface area contributed by atoms with Gasteiger partial charge in [-0.1, -0.05) is 43.1 Å². The minimum Gasteiger partial charge on any atom is -0.353 e. The molecule has 92 valence electrons. The fourth-order valence-corrected chi connectivity index (χ4v) is 2.37. The summed E-state index contributed by atoms with van der Waals surface area (Å²) in [6.45, 7) is 2.09. The van der Waals surface area contributed by atoms with Gasteiger partial charge >= 0.3 is 0 Å². The molecule has 0 spiro atoms. The molecule has 0 aliphatic heterocycles. The Balaban J connectivity index is 1.85. The van der Waals surface area contributed by atoms with Gasteiger partial charge in [0.2, 0.25) is 5.91 Å². The van der Waals surface area contributed by atoms with Crippen molar-refractivity contribution in [3.05, 3.63) is 34.9 Å². The highest BCUT2D eigenvalue weighted by atomic mass is 35.5. The number of halogens is 1. The summed E-state index contributed by atoms with van der Waals surface area (Å²) in [4.78, 5) is 11.6. The van der Waals surface area contributed by atoms with Gasteiger partial charge in [-0.05, 0) is 24.5 Å². The molecule has 2 unspecified atom stereocenters. The maximum Gasteiger partial charge on any atom is 0.220 e. The van der Waals surface area contributed by atoms with Crippen molar-refractivity contribution < 1.29 is 4.79 Å². The lowest BCUT2D eigenvalue weighted by molar-refractivity contribution is -0.121. The van der Waals surface area contributed by atoms with E-state index >= 15 is 0 Å². The van der Waals surface area contributed by atoms with E-state index in [2.05, 4.69) is 12.2 Å². The summed E-state index contributed by atoms with van der Waals surface area (Å²) in [5, 5.41) is 3.88. The van der Waals surface area contributed by atoms with Gasteiger partial charge in [-0.3, -0.25) is 4.79 Å². The third-order valence-electron chi connectivity index (χ3n) is 3.20. The van der Waals surface area contributed by atoms with Crippen LogP contribution in [-0.2, 0) is 4.79 Å². The summed E-state index contributed by atoms with van der Waals surface area (Å²) in [6, 6.07) is 8.17. The normalized spacial score (nSPS) is 22.2. The number of amides is 1. The number of carbonyl (C=O) groups excluding carboxylic acids is 1. The SMILES string of the molecule is CCCCC(=O)NC1CC1c1ccccc1Cl. The first kappa shape index (κ1) is 12.4. The van der Waals surface area contributed by atoms with Crippen LogP contribution in [0.4, 0.5) is 0 Å². The lowest BCUT2D eigenvalue weighted by Crippen LogP contribution is -2.26. The summed E-state index contributed by atoms with van der Waals surface area (Å²) in [5.74, 6) is 0.584. The molecule has 1 fully saturated rings. The lowest BCUT2D eigenvalue weighted by atomic mass is 10.1. The highest BCUT2D eigenvalue weighted by molar-refractivity contribution is 6.31. The lowest BCUT2D eigenvalue weighted by Gasteiger charge is -2.05. The van der Waals surface area contributed by atoms with E-state index in [1.165, 1.54) is 0 Å². The molecule has 2 nitrogen and oxygen atoms in total. The Morgan fingerprint density at radius 3 is 2.94 bits per heavy atom. The fourth-order valence-electron chi connectivity index (χ4n) is 2.09. The van der Waals surface area contributed by atoms with Gasteiger partial charge in [-0.15, -0.1) is 0 Å². The molecular formula is C14H18ClNO. The first-order valence-electron chi connectivity index (χ1n) is 6.26. The molecule has 1 saturated carbocycles. The van der Waals surface area contributed by atoms with Crippen LogP contribution in [-0.4, -0.2) is 11.9 Å². The van der Waals surface area contributed by atoms with Crippen molar-refractivity contribution in [2.75, 3.05) is 0 Å². The minimum atomic E-state index is 0.173. The van der Waals surface area contributed by atoms with Gasteiger partial charge in [0.1, 0.15) is 0 Å². The largest absolute Gasteiger partial charge is 0.353 e. The van der Waals surface area contributed by atoms with E-state index in [1.807, 2.05) is 24.3 Å². The Hall–Kier alpha value is -1.02. The quantitative estimate of drug-likeness (QED) is 0.853. The first-order chi connectivity index (χ1) is 8.22. The molecule has 1 aliphatic rings. The molecule has 1 amide bonds. The molecule has 1 N–H and O–H groups in total. The van der Waals surface area contributed by atoms with Crippen LogP contribution in [0, 0.1) is 0 Å². The van der Waals surface area contributed by atoms with Crippen LogP contribution in [0.15, 0.2) is 24.3 Å². The molecule has 0 heterocycles. The maximum absolute atomic E-state index is 11.6. The highest BCUT2D eigenvalue weighted by Crippen LogP contribution is 2.43. The Morgan fingerprint density at radius 2 is 2.24 bits per heavy atom. The number of nitrogens with one attached hydrogen (secondary N) is 1. The Bertz CT molecular complexity index is 405. The van der Waals surface area contributed by atoms with E-state index in [-0.39, 0.29) is 5.91 Å². The maximum atomic E-state index is 11.6. The number of benzene rings is 1. The predicted molar refractivity (Wildman–Crippen MR) is 70.3 cm³/mol. The van der Waals surface area contributed by atoms with Gasteiger partial charge in [0, 0.05) is 23.4 Å². The van der Waals surface area contributed by atoms with E-state index in [0.29, 0.717) is 18.4 Å². The van der Waals surface area contributed by atoms with Gasteiger partial charge in [-0.2, -0.15) is 0 Å². The highest BCUT2D eigenvalue weighted by Gasteiger charge is 2.40. The van der Waals surface area contributed by atoms with Crippen molar-refractivity contribution in [2.45, 2.75) is 44.6 Å². The van der Waals surface area contributed by atoms with Crippen LogP contribution < -0.4 is 5.32 Å². The molecule has 2 atom stereocenters. The Morgan fingerprint density at radius 1 is 1.47 bits per heavy atom. The number of hydrogen-bond donors (Lipinski definition) is 1. The fraction of sp³-hybridized carbons (Fsp3) is 0.500. The minimum absolute atomic E-state index is 0.173. The molecule has 0 radical (unpaired) electrons. The summed E-state index contributed by atoms with van der Waals surface area (Å²) in [6.07, 6.45) is 3.69. The van der Waals surface area contributed by atoms with Crippen molar-refractivity contribution in [3.8, 4) is 0 Å². The second kappa shape index (κ2) is 5.54. The summed E-state index contributed by atoms with van der Waals surface area (Å²) < 4.78 is 0. The van der Waals surface area contributed by atoms with Crippen LogP contribution in [0.5, 0.6) is 0 Å². The molecule has 17 heavy (non-hydrogen) atoms. The summed E-state index contributed by atoms with van der Waals surface area (Å²) in [7, 11) is 0. The summed E-state index contributed by atoms with van der Waals surface area (Å²) >= 11 is 6.13. The van der Waals surface area contributed by atoms with Gasteiger partial charge < -0.3 is 5.32 Å². The van der Waals surface area contributed by atoms with Gasteiger partial charge in [0.05, 0.1) is 0 Å². The summed E-state index contributed by atoms with van der Waals surface area (Å²) in [5.41, 5.74) is 1.16. The molecular weight excluding hydrogens is 234 g/mol. The standard InChI is InChI=1S/C14H18ClNO/c1-2-3-8-14(17)16-13-9-11(13)10-6-4-5-7-12(10)15/h4-7,11,13H,2-3,8-9H2,1H3,(H,16,17). The van der Waals surface area contributed by atoms with E-state index in [1.54, 1.807) is 0 Å². The van der Waals surface area contributed by atoms with Gasteiger partial charge in [0.15, 0.2) is 0 Å². The predicted octanol–water partition coefficient (Wildman–Crippen LogP) is 3.50. The van der Waals surface area contributed by atoms with Crippen molar-refractivity contribution >= 4 is 17.5 Å². The number of unbranched alkanes of at least 4 members (excludes halogenated alkanes) is 1. The van der Waals surface area contributed by atoms with E-state index < -0.39 is 0 Å². The molecule has 1 aromatic rings. The van der Waals surface area contributed by atoms with E-state index in [9.17, 15) is 4.79 Å². The molecule has 0 saturated heterocycles. The zero-order chi connectivity index (χ0) is 12.3. The molecule has 0 aromatic heterocycles. The molecule has 1 aliphatic carbocycles. The number of rotatable bonds is 5. The van der Waals surface area contributed by atoms with E-state index in [0.717, 1.165) is 29.8 Å². The number of carbonyl (C=O) groups is 1. The average molecular weight is 252 g/mol. The second-order valence-corrected chi connectivity index (χ2v) is 5.05. The zero-order valence-electron chi connectivity index (χ0n) is 10.1. The van der Waals surface area contributed by atoms with Gasteiger partial charge in [0.25, 0.3) is 0 Å². The molecule has 2 rings (SSSR count). The van der Waals surface area contributed by atoms with Crippen LogP contribution >= 0.6 is 11.6 Å². The molecule has 0 bridgehead atoms.